The molecule has 0 radical (unpaired) electrons. The number of hydrogen-bond acceptors (Lipinski definition) is 0. The monoisotopic (exact) mass is 124 g/mol. The van der Waals surface area contributed by atoms with Gasteiger partial charge < -0.3 is 0 Å². The van der Waals surface area contributed by atoms with Crippen LogP contribution in [0.1, 0.15) is 39.5 Å². The zero-order valence-corrected chi connectivity index (χ0v) is 6.48. The summed E-state index contributed by atoms with van der Waals surface area (Å²) in [5, 5.41) is 0. The fourth-order valence-electron chi connectivity index (χ4n) is 2.77. The number of rotatable bonds is 0. The molecule has 2 aliphatic carbocycles. The minimum atomic E-state index is 0.804. The smallest absolute Gasteiger partial charge is 0.0266 e. The summed E-state index contributed by atoms with van der Waals surface area (Å²) >= 11 is 0. The third kappa shape index (κ3) is 0.595. The molecule has 2 rings (SSSR count). The standard InChI is InChI=1S/C9H16/c1-7-8-5-3-4-6-9(7,8)2/h7-8H,3-6H2,1-2H3/t7-,8-,9+/m1/s1. The van der Waals surface area contributed by atoms with E-state index in [0.29, 0.717) is 0 Å². The van der Waals surface area contributed by atoms with Crippen molar-refractivity contribution in [2.75, 3.05) is 0 Å². The molecule has 0 saturated heterocycles. The molecule has 0 N–H and O–H groups in total. The van der Waals surface area contributed by atoms with Crippen molar-refractivity contribution in [1.82, 2.24) is 0 Å². The van der Waals surface area contributed by atoms with Crippen LogP contribution in [-0.2, 0) is 0 Å². The first-order chi connectivity index (χ1) is 4.25. The van der Waals surface area contributed by atoms with E-state index in [1.807, 2.05) is 0 Å². The third-order valence-corrected chi connectivity index (χ3v) is 3.86. The molecule has 0 aromatic rings. The molecule has 0 nitrogen and oxygen atoms in total. The van der Waals surface area contributed by atoms with E-state index in [4.69, 9.17) is 0 Å². The van der Waals surface area contributed by atoms with Crippen LogP contribution in [0.2, 0.25) is 0 Å². The number of hydrogen-bond donors (Lipinski definition) is 0. The van der Waals surface area contributed by atoms with Gasteiger partial charge in [-0.25, -0.2) is 0 Å². The normalized spacial score (nSPS) is 56.7. The summed E-state index contributed by atoms with van der Waals surface area (Å²) in [6.07, 6.45) is 6.04. The van der Waals surface area contributed by atoms with Gasteiger partial charge in [-0.1, -0.05) is 26.7 Å². The van der Waals surface area contributed by atoms with Crippen LogP contribution in [0.25, 0.3) is 0 Å². The maximum atomic E-state index is 2.47. The van der Waals surface area contributed by atoms with Crippen molar-refractivity contribution in [1.29, 1.82) is 0 Å². The molecule has 0 heteroatoms. The van der Waals surface area contributed by atoms with Crippen molar-refractivity contribution in [2.45, 2.75) is 39.5 Å². The van der Waals surface area contributed by atoms with Crippen molar-refractivity contribution in [2.24, 2.45) is 17.3 Å². The van der Waals surface area contributed by atoms with Crippen LogP contribution in [-0.4, -0.2) is 0 Å². The van der Waals surface area contributed by atoms with Gasteiger partial charge in [0.15, 0.2) is 0 Å². The zero-order valence-electron chi connectivity index (χ0n) is 6.48. The second kappa shape index (κ2) is 1.53. The van der Waals surface area contributed by atoms with Gasteiger partial charge in [-0.2, -0.15) is 0 Å². The Hall–Kier alpha value is 0. The molecule has 0 unspecified atom stereocenters. The Bertz CT molecular complexity index is 128. The van der Waals surface area contributed by atoms with Crippen LogP contribution >= 0.6 is 0 Å². The van der Waals surface area contributed by atoms with Gasteiger partial charge >= 0.3 is 0 Å². The van der Waals surface area contributed by atoms with Crippen LogP contribution in [0.5, 0.6) is 0 Å². The van der Waals surface area contributed by atoms with E-state index in [0.717, 1.165) is 17.3 Å². The van der Waals surface area contributed by atoms with E-state index >= 15 is 0 Å². The second-order valence-corrected chi connectivity index (χ2v) is 4.15. The number of fused-ring (bicyclic) bond motifs is 1. The summed E-state index contributed by atoms with van der Waals surface area (Å²) in [5.74, 6) is 2.17. The molecule has 0 heterocycles. The highest BCUT2D eigenvalue weighted by Crippen LogP contribution is 2.65. The lowest BCUT2D eigenvalue weighted by Gasteiger charge is -2.15. The van der Waals surface area contributed by atoms with Crippen LogP contribution in [0.3, 0.4) is 0 Å². The summed E-state index contributed by atoms with van der Waals surface area (Å²) in [4.78, 5) is 0. The quantitative estimate of drug-likeness (QED) is 0.466. The summed E-state index contributed by atoms with van der Waals surface area (Å²) < 4.78 is 0. The largest absolute Gasteiger partial charge is 0.0617 e. The Kier molecular flexibility index (Phi) is 0.980. The highest BCUT2D eigenvalue weighted by molar-refractivity contribution is 5.06. The Morgan fingerprint density at radius 1 is 1.33 bits per heavy atom. The van der Waals surface area contributed by atoms with Crippen molar-refractivity contribution in [3.63, 3.8) is 0 Å². The highest BCUT2D eigenvalue weighted by atomic mass is 14.6. The van der Waals surface area contributed by atoms with Crippen LogP contribution in [0.15, 0.2) is 0 Å². The first-order valence-electron chi connectivity index (χ1n) is 4.25. The van der Waals surface area contributed by atoms with E-state index in [1.165, 1.54) is 25.7 Å². The minimum absolute atomic E-state index is 0.804. The summed E-state index contributed by atoms with van der Waals surface area (Å²) in [6.45, 7) is 4.90. The van der Waals surface area contributed by atoms with Gasteiger partial charge in [-0.15, -0.1) is 0 Å². The van der Waals surface area contributed by atoms with Gasteiger partial charge in [0, 0.05) is 0 Å². The first-order valence-corrected chi connectivity index (χ1v) is 4.25. The topological polar surface area (TPSA) is 0 Å². The molecule has 52 valence electrons. The predicted molar refractivity (Wildman–Crippen MR) is 39.2 cm³/mol. The molecule has 9 heavy (non-hydrogen) atoms. The molecular weight excluding hydrogens is 108 g/mol. The Labute approximate surface area is 57.6 Å². The van der Waals surface area contributed by atoms with Crippen LogP contribution in [0.4, 0.5) is 0 Å². The van der Waals surface area contributed by atoms with Crippen LogP contribution < -0.4 is 0 Å². The Morgan fingerprint density at radius 3 is 2.56 bits per heavy atom. The van der Waals surface area contributed by atoms with Gasteiger partial charge in [0.2, 0.25) is 0 Å². The fourth-order valence-corrected chi connectivity index (χ4v) is 2.77. The SMILES string of the molecule is C[C@@H]1[C@H]2CCCC[C@@]12C. The highest BCUT2D eigenvalue weighted by Gasteiger charge is 2.57. The lowest BCUT2D eigenvalue weighted by atomic mass is 9.90. The van der Waals surface area contributed by atoms with E-state index < -0.39 is 0 Å². The molecule has 0 amide bonds. The Morgan fingerprint density at radius 2 is 2.11 bits per heavy atom. The van der Waals surface area contributed by atoms with Gasteiger partial charge in [0.05, 0.1) is 0 Å². The molecule has 3 atom stereocenters. The molecule has 2 saturated carbocycles. The average Bonchev–Trinajstić information content (AvgIpc) is 2.38. The Balaban J connectivity index is 2.10. The van der Waals surface area contributed by atoms with E-state index in [-0.39, 0.29) is 0 Å². The minimum Gasteiger partial charge on any atom is -0.0617 e. The molecule has 0 aromatic heterocycles. The molecule has 0 aliphatic heterocycles. The molecule has 0 aromatic carbocycles. The van der Waals surface area contributed by atoms with Gasteiger partial charge in [0.25, 0.3) is 0 Å². The fraction of sp³-hybridized carbons (Fsp3) is 1.00. The van der Waals surface area contributed by atoms with Crippen LogP contribution in [0, 0.1) is 17.3 Å². The van der Waals surface area contributed by atoms with Gasteiger partial charge in [0.1, 0.15) is 0 Å². The molecule has 2 aliphatic rings. The summed E-state index contributed by atoms with van der Waals surface area (Å²) in [7, 11) is 0. The average molecular weight is 124 g/mol. The lowest BCUT2D eigenvalue weighted by molar-refractivity contribution is 0.361. The van der Waals surface area contributed by atoms with E-state index in [9.17, 15) is 0 Å². The first kappa shape index (κ1) is 5.76. The van der Waals surface area contributed by atoms with Crippen molar-refractivity contribution in [3.05, 3.63) is 0 Å². The molecule has 0 spiro atoms. The summed E-state index contributed by atoms with van der Waals surface area (Å²) in [5.41, 5.74) is 0.804. The van der Waals surface area contributed by atoms with Crippen molar-refractivity contribution < 1.29 is 0 Å². The van der Waals surface area contributed by atoms with E-state index in [1.54, 1.807) is 0 Å². The predicted octanol–water partition coefficient (Wildman–Crippen LogP) is 2.83. The lowest BCUT2D eigenvalue weighted by Crippen LogP contribution is -2.03. The summed E-state index contributed by atoms with van der Waals surface area (Å²) in [6, 6.07) is 0. The molecule has 2 fully saturated rings. The molecular formula is C9H16. The zero-order chi connectivity index (χ0) is 6.48. The maximum absolute atomic E-state index is 2.47. The third-order valence-electron chi connectivity index (χ3n) is 3.86. The molecule has 0 bridgehead atoms. The van der Waals surface area contributed by atoms with Crippen molar-refractivity contribution >= 4 is 0 Å². The van der Waals surface area contributed by atoms with Gasteiger partial charge in [-0.05, 0) is 30.1 Å². The van der Waals surface area contributed by atoms with Gasteiger partial charge in [-0.3, -0.25) is 0 Å². The van der Waals surface area contributed by atoms with E-state index in [2.05, 4.69) is 13.8 Å². The second-order valence-electron chi connectivity index (χ2n) is 4.15. The maximum Gasteiger partial charge on any atom is -0.0266 e. The van der Waals surface area contributed by atoms with Crippen molar-refractivity contribution in [3.8, 4) is 0 Å².